The third-order valence-electron chi connectivity index (χ3n) is 3.98. The van der Waals surface area contributed by atoms with Crippen LogP contribution in [0.1, 0.15) is 38.2 Å². The first-order valence-electron chi connectivity index (χ1n) is 7.38. The van der Waals surface area contributed by atoms with Crippen molar-refractivity contribution in [3.8, 4) is 0 Å². The van der Waals surface area contributed by atoms with Gasteiger partial charge in [0.25, 0.3) is 0 Å². The van der Waals surface area contributed by atoms with Crippen LogP contribution in [0.3, 0.4) is 0 Å². The standard InChI is InChI=1S/C16H21FN2O2/c1-3-14(12-5-7-13(17)8-6-12)16(21)19-10-4-9-18-15(20)11(19)2/h5-8,11,14H,3-4,9-10H2,1-2H3,(H,18,20)/t11-,14+/m1/s1. The Kier molecular flexibility index (Phi) is 4.94. The van der Waals surface area contributed by atoms with Crippen LogP contribution in [0.15, 0.2) is 24.3 Å². The predicted molar refractivity (Wildman–Crippen MR) is 78.2 cm³/mol. The van der Waals surface area contributed by atoms with E-state index in [-0.39, 0.29) is 23.5 Å². The lowest BCUT2D eigenvalue weighted by atomic mass is 9.94. The van der Waals surface area contributed by atoms with Gasteiger partial charge >= 0.3 is 0 Å². The minimum absolute atomic E-state index is 0.0614. The number of hydrogen-bond donors (Lipinski definition) is 1. The van der Waals surface area contributed by atoms with Crippen molar-refractivity contribution in [2.75, 3.05) is 13.1 Å². The van der Waals surface area contributed by atoms with E-state index in [1.165, 1.54) is 12.1 Å². The van der Waals surface area contributed by atoms with Gasteiger partial charge in [0, 0.05) is 13.1 Å². The van der Waals surface area contributed by atoms with Gasteiger partial charge in [-0.05, 0) is 37.5 Å². The van der Waals surface area contributed by atoms with Crippen molar-refractivity contribution in [1.82, 2.24) is 10.2 Å². The maximum atomic E-state index is 13.0. The van der Waals surface area contributed by atoms with Crippen LogP contribution in [-0.2, 0) is 9.59 Å². The second kappa shape index (κ2) is 6.70. The molecule has 1 saturated heterocycles. The van der Waals surface area contributed by atoms with Crippen LogP contribution in [-0.4, -0.2) is 35.8 Å². The van der Waals surface area contributed by atoms with Gasteiger partial charge in [-0.2, -0.15) is 0 Å². The summed E-state index contributed by atoms with van der Waals surface area (Å²) in [7, 11) is 0. The molecule has 1 heterocycles. The zero-order valence-electron chi connectivity index (χ0n) is 12.4. The molecule has 1 fully saturated rings. The Morgan fingerprint density at radius 3 is 2.71 bits per heavy atom. The molecule has 0 saturated carbocycles. The lowest BCUT2D eigenvalue weighted by Crippen LogP contribution is -2.47. The minimum Gasteiger partial charge on any atom is -0.354 e. The molecule has 0 unspecified atom stereocenters. The Morgan fingerprint density at radius 1 is 1.43 bits per heavy atom. The predicted octanol–water partition coefficient (Wildman–Crippen LogP) is 2.06. The molecular formula is C16H21FN2O2. The highest BCUT2D eigenvalue weighted by molar-refractivity contribution is 5.90. The van der Waals surface area contributed by atoms with Crippen LogP contribution in [0, 0.1) is 5.82 Å². The van der Waals surface area contributed by atoms with Gasteiger partial charge < -0.3 is 10.2 Å². The second-order valence-electron chi connectivity index (χ2n) is 5.36. The molecule has 1 aromatic rings. The van der Waals surface area contributed by atoms with E-state index in [0.717, 1.165) is 12.0 Å². The molecule has 0 spiro atoms. The third-order valence-corrected chi connectivity index (χ3v) is 3.98. The van der Waals surface area contributed by atoms with Gasteiger partial charge in [-0.1, -0.05) is 19.1 Å². The number of nitrogens with one attached hydrogen (secondary N) is 1. The van der Waals surface area contributed by atoms with E-state index in [1.807, 2.05) is 6.92 Å². The fourth-order valence-electron chi connectivity index (χ4n) is 2.69. The molecule has 0 radical (unpaired) electrons. The van der Waals surface area contributed by atoms with Crippen molar-refractivity contribution in [2.45, 2.75) is 38.6 Å². The molecule has 0 bridgehead atoms. The highest BCUT2D eigenvalue weighted by Gasteiger charge is 2.32. The van der Waals surface area contributed by atoms with Gasteiger partial charge in [-0.15, -0.1) is 0 Å². The van der Waals surface area contributed by atoms with Crippen LogP contribution < -0.4 is 5.32 Å². The van der Waals surface area contributed by atoms with Crippen LogP contribution in [0.5, 0.6) is 0 Å². The van der Waals surface area contributed by atoms with Crippen molar-refractivity contribution in [2.24, 2.45) is 0 Å². The number of nitrogens with zero attached hydrogens (tertiary/aromatic N) is 1. The number of benzene rings is 1. The van der Waals surface area contributed by atoms with Crippen LogP contribution in [0.4, 0.5) is 4.39 Å². The average Bonchev–Trinajstić information content (AvgIpc) is 2.64. The van der Waals surface area contributed by atoms with Crippen LogP contribution >= 0.6 is 0 Å². The molecule has 2 amide bonds. The normalized spacial score (nSPS) is 20.6. The van der Waals surface area contributed by atoms with Gasteiger partial charge in [0.15, 0.2) is 0 Å². The molecule has 4 nitrogen and oxygen atoms in total. The molecule has 1 aromatic carbocycles. The summed E-state index contributed by atoms with van der Waals surface area (Å²) in [6, 6.07) is 5.55. The Morgan fingerprint density at radius 2 is 2.10 bits per heavy atom. The van der Waals surface area contributed by atoms with Gasteiger partial charge in [0.05, 0.1) is 5.92 Å². The minimum atomic E-state index is -0.463. The summed E-state index contributed by atoms with van der Waals surface area (Å²) < 4.78 is 13.0. The molecule has 1 aliphatic heterocycles. The quantitative estimate of drug-likeness (QED) is 0.927. The van der Waals surface area contributed by atoms with E-state index >= 15 is 0 Å². The van der Waals surface area contributed by atoms with Gasteiger partial charge in [0.2, 0.25) is 11.8 Å². The average molecular weight is 292 g/mol. The van der Waals surface area contributed by atoms with E-state index in [1.54, 1.807) is 24.0 Å². The first kappa shape index (κ1) is 15.5. The number of carbonyl (C=O) groups excluding carboxylic acids is 2. The van der Waals surface area contributed by atoms with Gasteiger partial charge in [0.1, 0.15) is 11.9 Å². The summed E-state index contributed by atoms with van der Waals surface area (Å²) in [4.78, 5) is 26.3. The Balaban J connectivity index is 2.22. The van der Waals surface area contributed by atoms with E-state index in [2.05, 4.69) is 5.32 Å². The highest BCUT2D eigenvalue weighted by atomic mass is 19.1. The lowest BCUT2D eigenvalue weighted by Gasteiger charge is -2.29. The number of carbonyl (C=O) groups is 2. The van der Waals surface area contributed by atoms with Crippen molar-refractivity contribution in [1.29, 1.82) is 0 Å². The van der Waals surface area contributed by atoms with Crippen molar-refractivity contribution in [3.63, 3.8) is 0 Å². The van der Waals surface area contributed by atoms with E-state index in [9.17, 15) is 14.0 Å². The molecule has 114 valence electrons. The number of hydrogen-bond acceptors (Lipinski definition) is 2. The second-order valence-corrected chi connectivity index (χ2v) is 5.36. The largest absolute Gasteiger partial charge is 0.354 e. The maximum Gasteiger partial charge on any atom is 0.242 e. The smallest absolute Gasteiger partial charge is 0.242 e. The zero-order chi connectivity index (χ0) is 15.4. The summed E-state index contributed by atoms with van der Waals surface area (Å²) in [6.45, 7) is 4.83. The fraction of sp³-hybridized carbons (Fsp3) is 0.500. The summed E-state index contributed by atoms with van der Waals surface area (Å²) in [5.74, 6) is -0.828. The zero-order valence-corrected chi connectivity index (χ0v) is 12.4. The van der Waals surface area contributed by atoms with Crippen molar-refractivity contribution < 1.29 is 14.0 Å². The molecular weight excluding hydrogens is 271 g/mol. The van der Waals surface area contributed by atoms with E-state index in [4.69, 9.17) is 0 Å². The summed E-state index contributed by atoms with van der Waals surface area (Å²) in [6.07, 6.45) is 1.37. The molecule has 1 N–H and O–H groups in total. The van der Waals surface area contributed by atoms with Crippen LogP contribution in [0.25, 0.3) is 0 Å². The highest BCUT2D eigenvalue weighted by Crippen LogP contribution is 2.24. The molecule has 2 rings (SSSR count). The van der Waals surface area contributed by atoms with Gasteiger partial charge in [-0.3, -0.25) is 9.59 Å². The number of amides is 2. The third kappa shape index (κ3) is 3.40. The lowest BCUT2D eigenvalue weighted by molar-refractivity contribution is -0.140. The molecule has 0 aliphatic carbocycles. The van der Waals surface area contributed by atoms with Crippen molar-refractivity contribution >= 4 is 11.8 Å². The molecule has 2 atom stereocenters. The monoisotopic (exact) mass is 292 g/mol. The first-order valence-corrected chi connectivity index (χ1v) is 7.38. The first-order chi connectivity index (χ1) is 10.0. The molecule has 1 aliphatic rings. The molecule has 0 aromatic heterocycles. The topological polar surface area (TPSA) is 49.4 Å². The van der Waals surface area contributed by atoms with Crippen LogP contribution in [0.2, 0.25) is 0 Å². The maximum absolute atomic E-state index is 13.0. The van der Waals surface area contributed by atoms with Gasteiger partial charge in [-0.25, -0.2) is 4.39 Å². The Labute approximate surface area is 124 Å². The SMILES string of the molecule is CC[C@H](C(=O)N1CCCNC(=O)[C@H]1C)c1ccc(F)cc1. The number of rotatable bonds is 3. The summed E-state index contributed by atoms with van der Waals surface area (Å²) in [5.41, 5.74) is 0.792. The van der Waals surface area contributed by atoms with E-state index < -0.39 is 6.04 Å². The van der Waals surface area contributed by atoms with Crippen molar-refractivity contribution in [3.05, 3.63) is 35.6 Å². The molecule has 21 heavy (non-hydrogen) atoms. The number of halogens is 1. The Bertz CT molecular complexity index is 516. The summed E-state index contributed by atoms with van der Waals surface area (Å²) in [5, 5.41) is 2.80. The fourth-order valence-corrected chi connectivity index (χ4v) is 2.69. The van der Waals surface area contributed by atoms with E-state index in [0.29, 0.717) is 19.5 Å². The summed E-state index contributed by atoms with van der Waals surface area (Å²) >= 11 is 0. The molecule has 5 heteroatoms. The Hall–Kier alpha value is -1.91.